The van der Waals surface area contributed by atoms with Gasteiger partial charge in [-0.15, -0.1) is 0 Å². The van der Waals surface area contributed by atoms with Crippen molar-refractivity contribution in [2.24, 2.45) is 5.92 Å². The molecule has 1 unspecified atom stereocenters. The number of ether oxygens (including phenoxy) is 1. The van der Waals surface area contributed by atoms with Crippen LogP contribution in [0.1, 0.15) is 15.9 Å². The van der Waals surface area contributed by atoms with E-state index in [4.69, 9.17) is 4.74 Å². The molecule has 3 rings (SSSR count). The summed E-state index contributed by atoms with van der Waals surface area (Å²) in [5.41, 5.74) is 3.66. The summed E-state index contributed by atoms with van der Waals surface area (Å²) in [5.74, 6) is -1.28. The van der Waals surface area contributed by atoms with Gasteiger partial charge in [0, 0.05) is 5.56 Å². The lowest BCUT2D eigenvalue weighted by Crippen LogP contribution is -2.21. The van der Waals surface area contributed by atoms with Crippen molar-refractivity contribution in [2.45, 2.75) is 6.42 Å². The van der Waals surface area contributed by atoms with Crippen molar-refractivity contribution in [1.82, 2.24) is 0 Å². The lowest BCUT2D eigenvalue weighted by atomic mass is 9.97. The molecule has 0 radical (unpaired) electrons. The fourth-order valence-electron chi connectivity index (χ4n) is 2.74. The van der Waals surface area contributed by atoms with E-state index in [1.54, 1.807) is 6.07 Å². The molecule has 1 atom stereocenters. The minimum Gasteiger partial charge on any atom is -0.468 e. The Morgan fingerprint density at radius 3 is 2.45 bits per heavy atom. The van der Waals surface area contributed by atoms with E-state index >= 15 is 0 Å². The lowest BCUT2D eigenvalue weighted by molar-refractivity contribution is -0.143. The molecular formula is C17H14O3. The minimum absolute atomic E-state index is 0.135. The Morgan fingerprint density at radius 1 is 1.05 bits per heavy atom. The summed E-state index contributed by atoms with van der Waals surface area (Å²) in [6.07, 6.45) is 0.423. The molecule has 20 heavy (non-hydrogen) atoms. The number of Topliss-reactive ketones (excluding diaryl/α,β-unsaturated/α-hetero) is 1. The average molecular weight is 266 g/mol. The first-order valence-electron chi connectivity index (χ1n) is 6.51. The van der Waals surface area contributed by atoms with Crippen molar-refractivity contribution in [3.63, 3.8) is 0 Å². The molecule has 0 bridgehead atoms. The molecule has 100 valence electrons. The summed E-state index contributed by atoms with van der Waals surface area (Å²) in [5, 5.41) is 0. The lowest BCUT2D eigenvalue weighted by Gasteiger charge is -2.07. The van der Waals surface area contributed by atoms with E-state index in [1.807, 2.05) is 42.5 Å². The van der Waals surface area contributed by atoms with E-state index in [-0.39, 0.29) is 5.78 Å². The number of carbonyl (C=O) groups excluding carboxylic acids is 2. The van der Waals surface area contributed by atoms with E-state index in [1.165, 1.54) is 7.11 Å². The molecular weight excluding hydrogens is 252 g/mol. The zero-order valence-electron chi connectivity index (χ0n) is 11.1. The van der Waals surface area contributed by atoms with Gasteiger partial charge in [-0.05, 0) is 23.1 Å². The van der Waals surface area contributed by atoms with Gasteiger partial charge in [-0.3, -0.25) is 9.59 Å². The SMILES string of the molecule is COC(=O)C1Cc2c(cccc2-c2ccccc2)C1=O. The molecule has 0 saturated heterocycles. The number of methoxy groups -OCH3 is 1. The van der Waals surface area contributed by atoms with Crippen molar-refractivity contribution < 1.29 is 14.3 Å². The monoisotopic (exact) mass is 266 g/mol. The molecule has 1 aliphatic rings. The van der Waals surface area contributed by atoms with Crippen molar-refractivity contribution in [2.75, 3.05) is 7.11 Å². The fraction of sp³-hybridized carbons (Fsp3) is 0.176. The van der Waals surface area contributed by atoms with Gasteiger partial charge in [0.2, 0.25) is 0 Å². The summed E-state index contributed by atoms with van der Waals surface area (Å²) < 4.78 is 4.72. The molecule has 0 saturated carbocycles. The van der Waals surface area contributed by atoms with Crippen LogP contribution in [-0.2, 0) is 16.0 Å². The number of carbonyl (C=O) groups is 2. The number of hydrogen-bond acceptors (Lipinski definition) is 3. The van der Waals surface area contributed by atoms with Crippen LogP contribution in [0.4, 0.5) is 0 Å². The van der Waals surface area contributed by atoms with Crippen molar-refractivity contribution >= 4 is 11.8 Å². The van der Waals surface area contributed by atoms with Crippen molar-refractivity contribution in [1.29, 1.82) is 0 Å². The van der Waals surface area contributed by atoms with Gasteiger partial charge in [0.05, 0.1) is 7.11 Å². The smallest absolute Gasteiger partial charge is 0.316 e. The fourth-order valence-corrected chi connectivity index (χ4v) is 2.74. The van der Waals surface area contributed by atoms with Crippen LogP contribution in [0, 0.1) is 5.92 Å². The Kier molecular flexibility index (Phi) is 3.11. The number of esters is 1. The predicted octanol–water partition coefficient (Wildman–Crippen LogP) is 2.88. The Balaban J connectivity index is 2.08. The first-order chi connectivity index (χ1) is 9.72. The minimum atomic E-state index is -0.695. The van der Waals surface area contributed by atoms with Gasteiger partial charge < -0.3 is 4.74 Å². The highest BCUT2D eigenvalue weighted by Crippen LogP contribution is 2.35. The predicted molar refractivity (Wildman–Crippen MR) is 75.4 cm³/mol. The van der Waals surface area contributed by atoms with Crippen LogP contribution in [-0.4, -0.2) is 18.9 Å². The second-order valence-electron chi connectivity index (χ2n) is 4.84. The molecule has 0 N–H and O–H groups in total. The maximum atomic E-state index is 12.3. The second-order valence-corrected chi connectivity index (χ2v) is 4.84. The van der Waals surface area contributed by atoms with Crippen LogP contribution in [0.5, 0.6) is 0 Å². The second kappa shape index (κ2) is 4.93. The summed E-state index contributed by atoms with van der Waals surface area (Å²) >= 11 is 0. The Labute approximate surface area is 117 Å². The topological polar surface area (TPSA) is 43.4 Å². The number of ketones is 1. The highest BCUT2D eigenvalue weighted by atomic mass is 16.5. The zero-order chi connectivity index (χ0) is 14.1. The number of benzene rings is 2. The molecule has 3 heteroatoms. The Morgan fingerprint density at radius 2 is 1.75 bits per heavy atom. The molecule has 0 fully saturated rings. The van der Waals surface area contributed by atoms with Crippen LogP contribution in [0.25, 0.3) is 11.1 Å². The summed E-state index contributed by atoms with van der Waals surface area (Å²) in [4.78, 5) is 24.0. The summed E-state index contributed by atoms with van der Waals surface area (Å²) in [6.45, 7) is 0. The third-order valence-corrected chi connectivity index (χ3v) is 3.74. The van der Waals surface area contributed by atoms with Crippen LogP contribution in [0.15, 0.2) is 48.5 Å². The summed E-state index contributed by atoms with van der Waals surface area (Å²) in [6, 6.07) is 15.5. The van der Waals surface area contributed by atoms with Gasteiger partial charge in [0.25, 0.3) is 0 Å². The molecule has 3 nitrogen and oxygen atoms in total. The van der Waals surface area contributed by atoms with E-state index in [0.29, 0.717) is 12.0 Å². The van der Waals surface area contributed by atoms with E-state index in [9.17, 15) is 9.59 Å². The third kappa shape index (κ3) is 1.92. The van der Waals surface area contributed by atoms with Crippen LogP contribution in [0.2, 0.25) is 0 Å². The van der Waals surface area contributed by atoms with Crippen LogP contribution >= 0.6 is 0 Å². The molecule has 0 heterocycles. The highest BCUT2D eigenvalue weighted by Gasteiger charge is 2.37. The number of hydrogen-bond donors (Lipinski definition) is 0. The Bertz CT molecular complexity index is 674. The van der Waals surface area contributed by atoms with Gasteiger partial charge in [0.15, 0.2) is 5.78 Å². The van der Waals surface area contributed by atoms with Crippen molar-refractivity contribution in [3.05, 3.63) is 59.7 Å². The molecule has 0 aromatic heterocycles. The Hall–Kier alpha value is -2.42. The van der Waals surface area contributed by atoms with Crippen LogP contribution < -0.4 is 0 Å². The summed E-state index contributed by atoms with van der Waals surface area (Å²) in [7, 11) is 1.32. The van der Waals surface area contributed by atoms with E-state index in [2.05, 4.69) is 0 Å². The van der Waals surface area contributed by atoms with Gasteiger partial charge >= 0.3 is 5.97 Å². The quantitative estimate of drug-likeness (QED) is 0.620. The van der Waals surface area contributed by atoms with Gasteiger partial charge in [-0.1, -0.05) is 48.5 Å². The first-order valence-corrected chi connectivity index (χ1v) is 6.51. The molecule has 2 aromatic rings. The van der Waals surface area contributed by atoms with Crippen LogP contribution in [0.3, 0.4) is 0 Å². The molecule has 0 amide bonds. The molecule has 2 aromatic carbocycles. The normalized spacial score (nSPS) is 16.9. The van der Waals surface area contributed by atoms with Crippen molar-refractivity contribution in [3.8, 4) is 11.1 Å². The maximum Gasteiger partial charge on any atom is 0.316 e. The number of rotatable bonds is 2. The maximum absolute atomic E-state index is 12.3. The van der Waals surface area contributed by atoms with E-state index < -0.39 is 11.9 Å². The zero-order valence-corrected chi connectivity index (χ0v) is 11.1. The van der Waals surface area contributed by atoms with Gasteiger partial charge in [-0.25, -0.2) is 0 Å². The van der Waals surface area contributed by atoms with Gasteiger partial charge in [0.1, 0.15) is 5.92 Å². The largest absolute Gasteiger partial charge is 0.468 e. The molecule has 0 spiro atoms. The van der Waals surface area contributed by atoms with Gasteiger partial charge in [-0.2, -0.15) is 0 Å². The molecule has 0 aliphatic heterocycles. The standard InChI is InChI=1S/C17H14O3/c1-20-17(19)15-10-14-12(11-6-3-2-4-7-11)8-5-9-13(14)16(15)18/h2-9,15H,10H2,1H3. The molecule has 1 aliphatic carbocycles. The number of fused-ring (bicyclic) bond motifs is 1. The van der Waals surface area contributed by atoms with E-state index in [0.717, 1.165) is 16.7 Å². The first kappa shape index (κ1) is 12.6. The third-order valence-electron chi connectivity index (χ3n) is 3.74. The highest BCUT2D eigenvalue weighted by molar-refractivity contribution is 6.13. The average Bonchev–Trinajstić information content (AvgIpc) is 2.85.